The lowest BCUT2D eigenvalue weighted by Gasteiger charge is -2.21. The fourth-order valence-corrected chi connectivity index (χ4v) is 14.0. The summed E-state index contributed by atoms with van der Waals surface area (Å²) < 4.78 is 68.7. The van der Waals surface area contributed by atoms with E-state index in [1.54, 1.807) is 0 Å². The molecule has 0 spiro atoms. The maximum absolute atomic E-state index is 13.1. The second kappa shape index (κ2) is 73.0. The molecule has 0 aromatic carbocycles. The summed E-state index contributed by atoms with van der Waals surface area (Å²) in [5, 5.41) is 10.6. The Morgan fingerprint density at radius 3 is 0.687 bits per heavy atom. The van der Waals surface area contributed by atoms with E-state index in [-0.39, 0.29) is 25.7 Å². The van der Waals surface area contributed by atoms with Gasteiger partial charge in [0.25, 0.3) is 0 Å². The number of hydrogen-bond donors (Lipinski definition) is 3. The molecular weight excluding hydrogens is 1290 g/mol. The van der Waals surface area contributed by atoms with Crippen molar-refractivity contribution < 1.29 is 80.2 Å². The van der Waals surface area contributed by atoms with Crippen LogP contribution in [0.4, 0.5) is 0 Å². The predicted molar refractivity (Wildman–Crippen MR) is 405 cm³/mol. The van der Waals surface area contributed by atoms with Crippen LogP contribution in [-0.4, -0.2) is 96.7 Å². The van der Waals surface area contributed by atoms with Gasteiger partial charge >= 0.3 is 39.5 Å². The Hall–Kier alpha value is -1.94. The van der Waals surface area contributed by atoms with Crippen LogP contribution in [0.3, 0.4) is 0 Å². The van der Waals surface area contributed by atoms with Crippen LogP contribution in [-0.2, 0) is 65.4 Å². The number of carbonyl (C=O) groups excluding carboxylic acids is 4. The molecule has 3 N–H and O–H groups in total. The van der Waals surface area contributed by atoms with Gasteiger partial charge in [0.15, 0.2) is 12.2 Å². The highest BCUT2D eigenvalue weighted by molar-refractivity contribution is 7.47. The molecule has 0 saturated carbocycles. The van der Waals surface area contributed by atoms with Gasteiger partial charge in [-0.25, -0.2) is 9.13 Å². The Labute approximate surface area is 607 Å². The largest absolute Gasteiger partial charge is 0.472 e. The van der Waals surface area contributed by atoms with Crippen molar-refractivity contribution in [1.82, 2.24) is 0 Å². The molecule has 0 rings (SSSR count). The van der Waals surface area contributed by atoms with Crippen molar-refractivity contribution in [3.63, 3.8) is 0 Å². The summed E-state index contributed by atoms with van der Waals surface area (Å²) in [7, 11) is -9.92. The van der Waals surface area contributed by atoms with Gasteiger partial charge in [-0.3, -0.25) is 37.3 Å². The third-order valence-corrected chi connectivity index (χ3v) is 20.7. The van der Waals surface area contributed by atoms with Crippen LogP contribution >= 0.6 is 15.6 Å². The molecule has 0 aliphatic carbocycles. The Morgan fingerprint density at radius 1 is 0.273 bits per heavy atom. The highest BCUT2D eigenvalue weighted by atomic mass is 31.2. The molecule has 0 bridgehead atoms. The standard InChI is InChI=1S/C80H156O17P2/c1-6-9-12-15-18-21-24-26-28-29-30-35-39-44-49-54-59-64-78(83)91-70-76(97-80(85)66-61-56-51-46-41-36-32-31-33-38-42-47-52-57-62-73(4)5)72-95-99(88,89)93-68-74(81)67-92-98(86,87)94-71-75(69-90-77(82)63-58-53-48-43-37-23-20-17-14-11-8-3)96-79(84)65-60-55-50-45-40-34-27-25-22-19-16-13-10-7-2/h73-76,81H,6-72H2,1-5H3,(H,86,87)(H,88,89)/t74-,75+,76+/m0/s1. The Kier molecular flexibility index (Phi) is 71.6. The lowest BCUT2D eigenvalue weighted by molar-refractivity contribution is -0.161. The first-order valence-corrected chi connectivity index (χ1v) is 44.6. The molecule has 0 fully saturated rings. The number of hydrogen-bond acceptors (Lipinski definition) is 15. The zero-order valence-electron chi connectivity index (χ0n) is 64.6. The first kappa shape index (κ1) is 97.1. The maximum atomic E-state index is 13.1. The molecule has 0 saturated heterocycles. The summed E-state index contributed by atoms with van der Waals surface area (Å²) in [5.74, 6) is -1.31. The molecule has 17 nitrogen and oxygen atoms in total. The van der Waals surface area contributed by atoms with Crippen LogP contribution < -0.4 is 0 Å². The number of carbonyl (C=O) groups is 4. The molecule has 0 aliphatic rings. The van der Waals surface area contributed by atoms with Crippen molar-refractivity contribution in [2.24, 2.45) is 5.92 Å². The average molecular weight is 1450 g/mol. The molecule has 0 heterocycles. The molecule has 0 aliphatic heterocycles. The molecule has 0 aromatic heterocycles. The summed E-state index contributed by atoms with van der Waals surface area (Å²) in [6.45, 7) is 7.35. The molecule has 2 unspecified atom stereocenters. The van der Waals surface area contributed by atoms with Gasteiger partial charge in [0.1, 0.15) is 19.3 Å². The Balaban J connectivity index is 5.25. The summed E-state index contributed by atoms with van der Waals surface area (Å²) in [4.78, 5) is 73.0. The summed E-state index contributed by atoms with van der Waals surface area (Å²) in [5.41, 5.74) is 0. The predicted octanol–water partition coefficient (Wildman–Crippen LogP) is 24.0. The average Bonchev–Trinajstić information content (AvgIpc) is 1.01. The van der Waals surface area contributed by atoms with Gasteiger partial charge in [-0.05, 0) is 31.6 Å². The molecule has 0 aromatic rings. The molecular formula is C80H156O17P2. The zero-order chi connectivity index (χ0) is 72.7. The quantitative estimate of drug-likeness (QED) is 0.0222. The zero-order valence-corrected chi connectivity index (χ0v) is 66.4. The number of aliphatic hydroxyl groups excluding tert-OH is 1. The number of unbranched alkanes of at least 4 members (excludes halogenated alkanes) is 52. The topological polar surface area (TPSA) is 237 Å². The van der Waals surface area contributed by atoms with E-state index in [0.29, 0.717) is 25.7 Å². The van der Waals surface area contributed by atoms with Gasteiger partial charge in [-0.15, -0.1) is 0 Å². The molecule has 5 atom stereocenters. The van der Waals surface area contributed by atoms with Crippen molar-refractivity contribution in [3.8, 4) is 0 Å². The van der Waals surface area contributed by atoms with Gasteiger partial charge in [-0.1, -0.05) is 375 Å². The van der Waals surface area contributed by atoms with E-state index in [1.165, 1.54) is 250 Å². The molecule has 19 heteroatoms. The van der Waals surface area contributed by atoms with Gasteiger partial charge in [-0.2, -0.15) is 0 Å². The van der Waals surface area contributed by atoms with E-state index < -0.39 is 97.5 Å². The van der Waals surface area contributed by atoms with E-state index in [0.717, 1.165) is 95.8 Å². The van der Waals surface area contributed by atoms with Crippen LogP contribution in [0.2, 0.25) is 0 Å². The summed E-state index contributed by atoms with van der Waals surface area (Å²) in [6.07, 6.45) is 63.6. The second-order valence-corrected chi connectivity index (χ2v) is 32.2. The SMILES string of the molecule is CCCCCCCCCCCCCCCCCCCC(=O)OC[C@H](COP(=O)(O)OC[C@@H](O)COP(=O)(O)OC[C@@H](COC(=O)CCCCCCCCCCCCC)OC(=O)CCCCCCCCCCCCCCCC)OC(=O)CCCCCCCCCCCCCCCCC(C)C. The number of phosphoric acid groups is 2. The minimum Gasteiger partial charge on any atom is -0.462 e. The van der Waals surface area contributed by atoms with Crippen molar-refractivity contribution in [2.75, 3.05) is 39.6 Å². The van der Waals surface area contributed by atoms with Crippen LogP contribution in [0.5, 0.6) is 0 Å². The van der Waals surface area contributed by atoms with Crippen molar-refractivity contribution in [2.45, 2.75) is 445 Å². The van der Waals surface area contributed by atoms with E-state index in [2.05, 4.69) is 34.6 Å². The lowest BCUT2D eigenvalue weighted by Crippen LogP contribution is -2.30. The smallest absolute Gasteiger partial charge is 0.462 e. The minimum absolute atomic E-state index is 0.109. The van der Waals surface area contributed by atoms with Gasteiger partial charge < -0.3 is 33.8 Å². The van der Waals surface area contributed by atoms with Crippen LogP contribution in [0.15, 0.2) is 0 Å². The fraction of sp³-hybridized carbons (Fsp3) is 0.950. The maximum Gasteiger partial charge on any atom is 0.472 e. The summed E-state index contributed by atoms with van der Waals surface area (Å²) >= 11 is 0. The number of esters is 4. The van der Waals surface area contributed by atoms with Crippen molar-refractivity contribution >= 4 is 39.5 Å². The van der Waals surface area contributed by atoms with Crippen LogP contribution in [0.1, 0.15) is 426 Å². The first-order chi connectivity index (χ1) is 48.0. The van der Waals surface area contributed by atoms with E-state index in [1.807, 2.05) is 0 Å². The van der Waals surface area contributed by atoms with Gasteiger partial charge in [0, 0.05) is 25.7 Å². The lowest BCUT2D eigenvalue weighted by atomic mass is 10.0. The third kappa shape index (κ3) is 74.1. The first-order valence-electron chi connectivity index (χ1n) is 41.6. The fourth-order valence-electron chi connectivity index (χ4n) is 12.4. The van der Waals surface area contributed by atoms with Gasteiger partial charge in [0.2, 0.25) is 0 Å². The summed E-state index contributed by atoms with van der Waals surface area (Å²) in [6, 6.07) is 0. The highest BCUT2D eigenvalue weighted by Crippen LogP contribution is 2.45. The normalized spacial score (nSPS) is 13.9. The van der Waals surface area contributed by atoms with Crippen molar-refractivity contribution in [3.05, 3.63) is 0 Å². The molecule has 99 heavy (non-hydrogen) atoms. The number of phosphoric ester groups is 2. The monoisotopic (exact) mass is 1450 g/mol. The van der Waals surface area contributed by atoms with E-state index in [4.69, 9.17) is 37.0 Å². The Morgan fingerprint density at radius 2 is 0.465 bits per heavy atom. The minimum atomic E-state index is -4.96. The molecule has 0 amide bonds. The van der Waals surface area contributed by atoms with E-state index in [9.17, 15) is 43.2 Å². The van der Waals surface area contributed by atoms with Crippen LogP contribution in [0.25, 0.3) is 0 Å². The molecule has 0 radical (unpaired) electrons. The number of rotatable bonds is 80. The Bertz CT molecular complexity index is 1890. The number of aliphatic hydroxyl groups is 1. The molecule has 588 valence electrons. The van der Waals surface area contributed by atoms with Gasteiger partial charge in [0.05, 0.1) is 26.4 Å². The van der Waals surface area contributed by atoms with E-state index >= 15 is 0 Å². The highest BCUT2D eigenvalue weighted by Gasteiger charge is 2.30. The second-order valence-electron chi connectivity index (χ2n) is 29.3. The van der Waals surface area contributed by atoms with Crippen LogP contribution in [0, 0.1) is 5.92 Å². The van der Waals surface area contributed by atoms with Crippen molar-refractivity contribution in [1.29, 1.82) is 0 Å². The third-order valence-electron chi connectivity index (χ3n) is 18.8. The number of ether oxygens (including phenoxy) is 4.